The Balaban J connectivity index is 0.00000242. The number of nitrogens with zero attached hydrogens (tertiary/aromatic N) is 4. The lowest BCUT2D eigenvalue weighted by atomic mass is 10.1. The van der Waals surface area contributed by atoms with Crippen molar-refractivity contribution in [2.75, 3.05) is 0 Å². The molecule has 2 rings (SSSR count). The number of pyridine rings is 1. The first kappa shape index (κ1) is 18.4. The smallest absolute Gasteiger partial charge is 0.189 e. The van der Waals surface area contributed by atoms with Gasteiger partial charge in [0.05, 0.1) is 6.54 Å². The van der Waals surface area contributed by atoms with Crippen molar-refractivity contribution < 1.29 is 0 Å². The standard InChI is InChI=1S/C15H22N6.HI/c1-11-17-7-8-21(11)13-6-5-12(9-18-13)10-19-14(16)20-15(2,3)4;/h5-9H,10H2,1-4H3,(H3,16,19,20);1H. The number of nitrogens with two attached hydrogens (primary N) is 1. The fourth-order valence-electron chi connectivity index (χ4n) is 1.87. The van der Waals surface area contributed by atoms with Gasteiger partial charge in [0, 0.05) is 24.1 Å². The normalized spacial score (nSPS) is 11.9. The number of aliphatic imine (C=N–C) groups is 1. The van der Waals surface area contributed by atoms with Crippen LogP contribution in [0.5, 0.6) is 0 Å². The van der Waals surface area contributed by atoms with E-state index < -0.39 is 0 Å². The Morgan fingerprint density at radius 1 is 1.32 bits per heavy atom. The zero-order valence-corrected chi connectivity index (χ0v) is 15.7. The Bertz CT molecular complexity index is 624. The van der Waals surface area contributed by atoms with Crippen molar-refractivity contribution >= 4 is 29.9 Å². The molecule has 0 atom stereocenters. The number of halogens is 1. The van der Waals surface area contributed by atoms with E-state index in [1.807, 2.05) is 56.8 Å². The second-order valence-electron chi connectivity index (χ2n) is 5.95. The molecule has 0 aliphatic carbocycles. The number of hydrogen-bond donors (Lipinski definition) is 2. The van der Waals surface area contributed by atoms with Gasteiger partial charge in [0.25, 0.3) is 0 Å². The van der Waals surface area contributed by atoms with E-state index in [0.717, 1.165) is 17.2 Å². The van der Waals surface area contributed by atoms with E-state index in [1.54, 1.807) is 6.20 Å². The van der Waals surface area contributed by atoms with Gasteiger partial charge in [0.1, 0.15) is 11.6 Å². The summed E-state index contributed by atoms with van der Waals surface area (Å²) in [7, 11) is 0. The Morgan fingerprint density at radius 2 is 2.05 bits per heavy atom. The molecule has 0 aliphatic heterocycles. The highest BCUT2D eigenvalue weighted by Crippen LogP contribution is 2.09. The van der Waals surface area contributed by atoms with Gasteiger partial charge in [-0.3, -0.25) is 4.57 Å². The average molecular weight is 414 g/mol. The SMILES string of the molecule is Cc1nccn1-c1ccc(CN=C(N)NC(C)(C)C)cn1.I. The molecule has 0 spiro atoms. The van der Waals surface area contributed by atoms with Crippen LogP contribution in [0.25, 0.3) is 5.82 Å². The molecule has 0 radical (unpaired) electrons. The van der Waals surface area contributed by atoms with Crippen molar-refractivity contribution in [2.24, 2.45) is 10.7 Å². The predicted molar refractivity (Wildman–Crippen MR) is 99.7 cm³/mol. The Morgan fingerprint density at radius 3 is 2.55 bits per heavy atom. The molecule has 2 aromatic rings. The molecular weight excluding hydrogens is 391 g/mol. The molecule has 7 heteroatoms. The molecule has 3 N–H and O–H groups in total. The lowest BCUT2D eigenvalue weighted by molar-refractivity contribution is 0.508. The second-order valence-corrected chi connectivity index (χ2v) is 5.95. The second kappa shape index (κ2) is 7.57. The number of hydrogen-bond acceptors (Lipinski definition) is 3. The molecule has 2 heterocycles. The highest BCUT2D eigenvalue weighted by molar-refractivity contribution is 14.0. The summed E-state index contributed by atoms with van der Waals surface area (Å²) in [5.41, 5.74) is 6.76. The van der Waals surface area contributed by atoms with Gasteiger partial charge in [-0.25, -0.2) is 15.0 Å². The highest BCUT2D eigenvalue weighted by atomic mass is 127. The minimum Gasteiger partial charge on any atom is -0.370 e. The van der Waals surface area contributed by atoms with E-state index in [9.17, 15) is 0 Å². The summed E-state index contributed by atoms with van der Waals surface area (Å²) < 4.78 is 1.93. The third-order valence-electron chi connectivity index (χ3n) is 2.82. The molecule has 0 bridgehead atoms. The van der Waals surface area contributed by atoms with Gasteiger partial charge < -0.3 is 11.1 Å². The maximum Gasteiger partial charge on any atom is 0.189 e. The third kappa shape index (κ3) is 5.28. The molecule has 0 saturated carbocycles. The lowest BCUT2D eigenvalue weighted by Crippen LogP contribution is -2.44. The van der Waals surface area contributed by atoms with Gasteiger partial charge in [-0.2, -0.15) is 0 Å². The van der Waals surface area contributed by atoms with E-state index >= 15 is 0 Å². The molecule has 0 aromatic carbocycles. The molecule has 0 fully saturated rings. The molecule has 6 nitrogen and oxygen atoms in total. The summed E-state index contributed by atoms with van der Waals surface area (Å²) in [6.45, 7) is 8.57. The topological polar surface area (TPSA) is 81.1 Å². The van der Waals surface area contributed by atoms with Crippen molar-refractivity contribution in [1.82, 2.24) is 19.9 Å². The summed E-state index contributed by atoms with van der Waals surface area (Å²) in [6, 6.07) is 3.95. The van der Waals surface area contributed by atoms with Crippen molar-refractivity contribution in [1.29, 1.82) is 0 Å². The molecule has 2 aromatic heterocycles. The maximum absolute atomic E-state index is 5.84. The van der Waals surface area contributed by atoms with Crippen LogP contribution in [0.1, 0.15) is 32.2 Å². The van der Waals surface area contributed by atoms with Gasteiger partial charge in [-0.1, -0.05) is 6.07 Å². The van der Waals surface area contributed by atoms with E-state index in [1.165, 1.54) is 0 Å². The van der Waals surface area contributed by atoms with Gasteiger partial charge in [0.2, 0.25) is 0 Å². The first-order valence-electron chi connectivity index (χ1n) is 6.88. The van der Waals surface area contributed by atoms with Gasteiger partial charge in [0.15, 0.2) is 5.96 Å². The number of imidazole rings is 1. The van der Waals surface area contributed by atoms with E-state index in [0.29, 0.717) is 12.5 Å². The predicted octanol–water partition coefficient (Wildman–Crippen LogP) is 2.40. The van der Waals surface area contributed by atoms with Crippen LogP contribution in [0, 0.1) is 6.92 Å². The van der Waals surface area contributed by atoms with Crippen molar-refractivity contribution in [3.63, 3.8) is 0 Å². The highest BCUT2D eigenvalue weighted by Gasteiger charge is 2.09. The van der Waals surface area contributed by atoms with Crippen molar-refractivity contribution in [2.45, 2.75) is 39.8 Å². The average Bonchev–Trinajstić information content (AvgIpc) is 2.81. The zero-order chi connectivity index (χ0) is 15.5. The minimum atomic E-state index is -0.0887. The summed E-state index contributed by atoms with van der Waals surface area (Å²) in [6.07, 6.45) is 5.46. The maximum atomic E-state index is 5.84. The molecule has 0 aliphatic rings. The van der Waals surface area contributed by atoms with Crippen molar-refractivity contribution in [3.05, 3.63) is 42.1 Å². The minimum absolute atomic E-state index is 0. The molecular formula is C15H23IN6. The Kier molecular flexibility index (Phi) is 6.34. The van der Waals surface area contributed by atoms with E-state index in [2.05, 4.69) is 20.3 Å². The number of rotatable bonds is 3. The van der Waals surface area contributed by atoms with Crippen LogP contribution in [-0.4, -0.2) is 26.0 Å². The quantitative estimate of drug-likeness (QED) is 0.459. The number of nitrogens with one attached hydrogen (secondary N) is 1. The molecule has 0 amide bonds. The molecule has 22 heavy (non-hydrogen) atoms. The molecule has 120 valence electrons. The van der Waals surface area contributed by atoms with Gasteiger partial charge >= 0.3 is 0 Å². The number of guanidine groups is 1. The van der Waals surface area contributed by atoms with Crippen molar-refractivity contribution in [3.8, 4) is 5.82 Å². The van der Waals surface area contributed by atoms with Crippen LogP contribution in [0.4, 0.5) is 0 Å². The fourth-order valence-corrected chi connectivity index (χ4v) is 1.87. The van der Waals surface area contributed by atoms with Crippen LogP contribution in [-0.2, 0) is 6.54 Å². The third-order valence-corrected chi connectivity index (χ3v) is 2.82. The Hall–Kier alpha value is -1.64. The van der Waals surface area contributed by atoms with E-state index in [-0.39, 0.29) is 29.5 Å². The number of aryl methyl sites for hydroxylation is 1. The summed E-state index contributed by atoms with van der Waals surface area (Å²) in [5, 5.41) is 3.13. The zero-order valence-electron chi connectivity index (χ0n) is 13.4. The van der Waals surface area contributed by atoms with E-state index in [4.69, 9.17) is 5.73 Å². The van der Waals surface area contributed by atoms with Gasteiger partial charge in [-0.15, -0.1) is 24.0 Å². The molecule has 0 unspecified atom stereocenters. The first-order valence-corrected chi connectivity index (χ1v) is 6.88. The monoisotopic (exact) mass is 414 g/mol. The van der Waals surface area contributed by atoms with Crippen LogP contribution in [0.2, 0.25) is 0 Å². The van der Waals surface area contributed by atoms with Crippen LogP contribution < -0.4 is 11.1 Å². The van der Waals surface area contributed by atoms with Crippen LogP contribution in [0.3, 0.4) is 0 Å². The molecule has 0 saturated heterocycles. The summed E-state index contributed by atoms with van der Waals surface area (Å²) in [5.74, 6) is 2.20. The fraction of sp³-hybridized carbons (Fsp3) is 0.400. The lowest BCUT2D eigenvalue weighted by Gasteiger charge is -2.20. The summed E-state index contributed by atoms with van der Waals surface area (Å²) >= 11 is 0. The van der Waals surface area contributed by atoms with Crippen LogP contribution in [0.15, 0.2) is 35.7 Å². The van der Waals surface area contributed by atoms with Crippen LogP contribution >= 0.6 is 24.0 Å². The first-order chi connectivity index (χ1) is 9.85. The number of aromatic nitrogens is 3. The van der Waals surface area contributed by atoms with Gasteiger partial charge in [-0.05, 0) is 39.3 Å². The largest absolute Gasteiger partial charge is 0.370 e. The summed E-state index contributed by atoms with van der Waals surface area (Å²) in [4.78, 5) is 12.9. The Labute approximate surface area is 148 Å².